The number of unbranched alkanes of at least 4 members (excludes halogenated alkanes) is 1. The summed E-state index contributed by atoms with van der Waals surface area (Å²) in [6, 6.07) is 0. The largest absolute Gasteiger partial charge is 2.00 e. The van der Waals surface area contributed by atoms with Crippen molar-refractivity contribution in [1.82, 2.24) is 0 Å². The van der Waals surface area contributed by atoms with Crippen LogP contribution in [0.15, 0.2) is 0 Å². The smallest absolute Gasteiger partial charge is 0.819 e. The molecule has 0 aromatic carbocycles. The fraction of sp³-hybridized carbons (Fsp3) is 1.00. The Balaban J connectivity index is 0. The van der Waals surface area contributed by atoms with Gasteiger partial charge in [0.2, 0.25) is 0 Å². The first-order valence-electron chi connectivity index (χ1n) is 2.73. The molecule has 0 amide bonds. The Bertz CT molecular complexity index is 116. The quantitative estimate of drug-likeness (QED) is 0.312. The maximum absolute atomic E-state index is 10.5. The van der Waals surface area contributed by atoms with E-state index in [1.165, 1.54) is 0 Å². The molecular formula is C4H9HgO2PS2. The van der Waals surface area contributed by atoms with E-state index < -0.39 is 5.69 Å². The predicted molar refractivity (Wildman–Crippen MR) is 42.5 cm³/mol. The van der Waals surface area contributed by atoms with Gasteiger partial charge in [-0.2, -0.15) is 0 Å². The summed E-state index contributed by atoms with van der Waals surface area (Å²) in [5.41, 5.74) is -3.03. The van der Waals surface area contributed by atoms with Crippen LogP contribution in [0.2, 0.25) is 0 Å². The average Bonchev–Trinajstić information content (AvgIpc) is 1.63. The summed E-state index contributed by atoms with van der Waals surface area (Å²) in [4.78, 5) is 10.5. The number of hydrogen-bond acceptors (Lipinski definition) is 4. The van der Waals surface area contributed by atoms with Gasteiger partial charge < -0.3 is 21.7 Å². The molecule has 0 saturated heterocycles. The maximum Gasteiger partial charge on any atom is 2.00 e. The molecular weight excluding hydrogens is 376 g/mol. The minimum Gasteiger partial charge on any atom is -0.819 e. The Morgan fingerprint density at radius 3 is 2.50 bits per heavy atom. The second-order valence-corrected chi connectivity index (χ2v) is 6.36. The Morgan fingerprint density at radius 2 is 2.20 bits per heavy atom. The molecule has 0 aliphatic carbocycles. The van der Waals surface area contributed by atoms with Crippen molar-refractivity contribution in [2.75, 3.05) is 6.61 Å². The molecule has 0 spiro atoms. The van der Waals surface area contributed by atoms with Crippen LogP contribution in [0.5, 0.6) is 0 Å². The first kappa shape index (κ1) is 14.4. The van der Waals surface area contributed by atoms with Crippen LogP contribution in [0.3, 0.4) is 0 Å². The van der Waals surface area contributed by atoms with Gasteiger partial charge in [0.1, 0.15) is 0 Å². The molecule has 10 heavy (non-hydrogen) atoms. The van der Waals surface area contributed by atoms with Gasteiger partial charge in [-0.25, -0.2) is 0 Å². The fourth-order valence-corrected chi connectivity index (χ4v) is 1.12. The Labute approximate surface area is 92.6 Å². The normalized spacial score (nSPS) is 15.5. The molecule has 0 fully saturated rings. The van der Waals surface area contributed by atoms with Crippen molar-refractivity contribution in [1.29, 1.82) is 0 Å². The number of hydrogen-bond donors (Lipinski definition) is 0. The minimum atomic E-state index is -3.03. The van der Waals surface area contributed by atoms with E-state index in [4.69, 9.17) is 0 Å². The summed E-state index contributed by atoms with van der Waals surface area (Å²) in [6.07, 6.45) is 1.88. The molecule has 0 heterocycles. The molecule has 0 N–H and O–H groups in total. The van der Waals surface area contributed by atoms with Crippen molar-refractivity contribution < 1.29 is 37.1 Å². The molecule has 1 unspecified atom stereocenters. The molecule has 0 aromatic rings. The van der Waals surface area contributed by atoms with Gasteiger partial charge in [-0.1, -0.05) is 13.3 Å². The monoisotopic (exact) mass is 386 g/mol. The van der Waals surface area contributed by atoms with E-state index >= 15 is 0 Å². The molecule has 2 nitrogen and oxygen atoms in total. The summed E-state index contributed by atoms with van der Waals surface area (Å²) in [6.45, 7) is 2.45. The molecule has 0 radical (unpaired) electrons. The SMILES string of the molecule is CCCCOP([O-])(=S)[S-].[Hg+2]. The molecule has 56 valence electrons. The van der Waals surface area contributed by atoms with Crippen molar-refractivity contribution in [3.8, 4) is 0 Å². The minimum absolute atomic E-state index is 0. The van der Waals surface area contributed by atoms with Crippen LogP contribution in [0.1, 0.15) is 19.8 Å². The maximum atomic E-state index is 10.5. The Kier molecular flexibility index (Phi) is 10.8. The first-order chi connectivity index (χ1) is 4.06. The van der Waals surface area contributed by atoms with Crippen molar-refractivity contribution in [2.45, 2.75) is 19.8 Å². The van der Waals surface area contributed by atoms with Crippen LogP contribution in [-0.2, 0) is 56.2 Å². The Morgan fingerprint density at radius 1 is 1.70 bits per heavy atom. The van der Waals surface area contributed by atoms with Gasteiger partial charge in [0.25, 0.3) is 0 Å². The van der Waals surface area contributed by atoms with Gasteiger partial charge in [-0.15, -0.1) is 17.5 Å². The third-order valence-electron chi connectivity index (χ3n) is 0.747. The van der Waals surface area contributed by atoms with E-state index in [2.05, 4.69) is 28.6 Å². The molecule has 0 rings (SSSR count). The zero-order valence-corrected chi connectivity index (χ0v) is 13.9. The van der Waals surface area contributed by atoms with E-state index in [0.717, 1.165) is 12.8 Å². The fourth-order valence-electron chi connectivity index (χ4n) is 0.321. The van der Waals surface area contributed by atoms with Crippen LogP contribution in [0.25, 0.3) is 0 Å². The van der Waals surface area contributed by atoms with Gasteiger partial charge in [0.15, 0.2) is 0 Å². The van der Waals surface area contributed by atoms with Crippen molar-refractivity contribution in [2.24, 2.45) is 0 Å². The second kappa shape index (κ2) is 7.50. The summed E-state index contributed by atoms with van der Waals surface area (Å²) in [7, 11) is 0. The zero-order chi connectivity index (χ0) is 7.33. The van der Waals surface area contributed by atoms with E-state index in [0.29, 0.717) is 6.61 Å². The van der Waals surface area contributed by atoms with Crippen molar-refractivity contribution in [3.05, 3.63) is 0 Å². The second-order valence-electron chi connectivity index (χ2n) is 1.63. The Hall–Kier alpha value is 1.86. The van der Waals surface area contributed by atoms with Gasteiger partial charge in [-0.05, 0) is 6.42 Å². The van der Waals surface area contributed by atoms with Gasteiger partial charge in [0, 0.05) is 6.61 Å². The zero-order valence-electron chi connectivity index (χ0n) is 5.91. The van der Waals surface area contributed by atoms with Crippen molar-refractivity contribution in [3.63, 3.8) is 0 Å². The van der Waals surface area contributed by atoms with E-state index in [9.17, 15) is 4.89 Å². The van der Waals surface area contributed by atoms with E-state index in [1.807, 2.05) is 6.92 Å². The number of rotatable bonds is 4. The molecule has 0 saturated carbocycles. The van der Waals surface area contributed by atoms with Crippen LogP contribution < -0.4 is 4.89 Å². The molecule has 1 atom stereocenters. The topological polar surface area (TPSA) is 32.3 Å². The first-order valence-corrected chi connectivity index (χ1v) is 6.38. The van der Waals surface area contributed by atoms with E-state index in [1.54, 1.807) is 0 Å². The van der Waals surface area contributed by atoms with Crippen LogP contribution in [0.4, 0.5) is 0 Å². The van der Waals surface area contributed by atoms with E-state index in [-0.39, 0.29) is 27.7 Å². The molecule has 0 aromatic heterocycles. The van der Waals surface area contributed by atoms with Crippen LogP contribution in [-0.4, -0.2) is 6.61 Å². The third-order valence-corrected chi connectivity index (χ3v) is 1.88. The van der Waals surface area contributed by atoms with Crippen LogP contribution in [0, 0.1) is 0 Å². The molecule has 0 aliphatic heterocycles. The summed E-state index contributed by atoms with van der Waals surface area (Å²) >= 11 is 8.69. The molecule has 6 heteroatoms. The van der Waals surface area contributed by atoms with Crippen molar-refractivity contribution >= 4 is 29.7 Å². The molecule has 0 bridgehead atoms. The molecule has 0 aliphatic rings. The van der Waals surface area contributed by atoms with Gasteiger partial charge >= 0.3 is 27.7 Å². The average molecular weight is 385 g/mol. The van der Waals surface area contributed by atoms with Crippen LogP contribution >= 0.6 is 5.69 Å². The summed E-state index contributed by atoms with van der Waals surface area (Å²) in [5, 5.41) is 0. The van der Waals surface area contributed by atoms with Gasteiger partial charge in [0.05, 0.1) is 0 Å². The summed E-state index contributed by atoms with van der Waals surface area (Å²) in [5.74, 6) is 0. The standard InChI is InChI=1S/C4H11O2PS2.Hg/c1-2-3-4-6-7(5,8)9;/h2-4H2,1H3,(H2,5,8,9);/q;+2/p-2. The third kappa shape index (κ3) is 12.5. The summed E-state index contributed by atoms with van der Waals surface area (Å²) < 4.78 is 4.65. The van der Waals surface area contributed by atoms with Gasteiger partial charge in [-0.3, -0.25) is 0 Å². The predicted octanol–water partition coefficient (Wildman–Crippen LogP) is 0.932.